The first-order valence-corrected chi connectivity index (χ1v) is 9.57. The number of rotatable bonds is 5. The Labute approximate surface area is 167 Å². The molecule has 3 heterocycles. The van der Waals surface area contributed by atoms with Crippen molar-refractivity contribution in [3.05, 3.63) is 71.7 Å². The van der Waals surface area contributed by atoms with E-state index in [0.29, 0.717) is 5.82 Å². The van der Waals surface area contributed by atoms with E-state index in [4.69, 9.17) is 0 Å². The van der Waals surface area contributed by atoms with Crippen LogP contribution < -0.4 is 0 Å². The van der Waals surface area contributed by atoms with Crippen molar-refractivity contribution in [2.24, 2.45) is 0 Å². The van der Waals surface area contributed by atoms with Crippen LogP contribution in [-0.4, -0.2) is 40.0 Å². The van der Waals surface area contributed by atoms with Crippen LogP contribution in [0.3, 0.4) is 0 Å². The highest BCUT2D eigenvalue weighted by atomic mass is 15.5. The van der Waals surface area contributed by atoms with Crippen molar-refractivity contribution in [2.75, 3.05) is 0 Å². The molecule has 8 nitrogen and oxygen atoms in total. The van der Waals surface area contributed by atoms with Gasteiger partial charge in [-0.2, -0.15) is 5.10 Å². The Morgan fingerprint density at radius 1 is 0.966 bits per heavy atom. The normalized spacial score (nSPS) is 11.4. The fraction of sp³-hybridized carbons (Fsp3) is 0.190. The van der Waals surface area contributed by atoms with Gasteiger partial charge >= 0.3 is 0 Å². The Morgan fingerprint density at radius 2 is 1.76 bits per heavy atom. The van der Waals surface area contributed by atoms with Crippen LogP contribution in [0, 0.1) is 6.92 Å². The molecule has 0 radical (unpaired) electrons. The second kappa shape index (κ2) is 6.97. The minimum Gasteiger partial charge on any atom is -0.307 e. The fourth-order valence-corrected chi connectivity index (χ4v) is 3.65. The predicted molar refractivity (Wildman–Crippen MR) is 109 cm³/mol. The zero-order valence-corrected chi connectivity index (χ0v) is 16.2. The Hall–Kier alpha value is -3.81. The summed E-state index contributed by atoms with van der Waals surface area (Å²) in [7, 11) is 0. The van der Waals surface area contributed by atoms with E-state index in [1.165, 1.54) is 5.56 Å². The van der Waals surface area contributed by atoms with Gasteiger partial charge in [0, 0.05) is 18.1 Å². The van der Waals surface area contributed by atoms with Gasteiger partial charge in [-0.3, -0.25) is 0 Å². The Bertz CT molecular complexity index is 1260. The molecule has 0 unspecified atom stereocenters. The van der Waals surface area contributed by atoms with Crippen molar-refractivity contribution in [3.8, 4) is 22.5 Å². The standard InChI is InChI=1S/C21H20N8/c1-3-19-25-29-20(12-14(2)24-29)28(19)13-15-8-10-16(11-9-15)17-6-4-5-7-18(17)21-22-26-27-23-21/h4-12H,3,13H2,1-2H3,(H,22,23,26,27). The fourth-order valence-electron chi connectivity index (χ4n) is 3.65. The van der Waals surface area contributed by atoms with Crippen molar-refractivity contribution in [3.63, 3.8) is 0 Å². The molecule has 3 aromatic heterocycles. The molecule has 1 N–H and O–H groups in total. The molecule has 2 aromatic carbocycles. The maximum atomic E-state index is 4.60. The molecule has 0 amide bonds. The summed E-state index contributed by atoms with van der Waals surface area (Å²) in [4.78, 5) is 0. The van der Waals surface area contributed by atoms with Gasteiger partial charge in [0.15, 0.2) is 11.5 Å². The van der Waals surface area contributed by atoms with Gasteiger partial charge in [-0.25, -0.2) is 5.10 Å². The SMILES string of the molecule is CCc1nn2nc(C)cc2n1Cc1ccc(-c2ccccc2-c2nnn[nH]2)cc1. The van der Waals surface area contributed by atoms with Crippen molar-refractivity contribution in [2.45, 2.75) is 26.8 Å². The number of nitrogens with one attached hydrogen (secondary N) is 1. The maximum Gasteiger partial charge on any atom is 0.180 e. The molecule has 0 atom stereocenters. The van der Waals surface area contributed by atoms with Crippen LogP contribution in [-0.2, 0) is 13.0 Å². The number of aromatic amines is 1. The number of fused-ring (bicyclic) bond motifs is 1. The Morgan fingerprint density at radius 3 is 2.48 bits per heavy atom. The van der Waals surface area contributed by atoms with Crippen LogP contribution in [0.5, 0.6) is 0 Å². The lowest BCUT2D eigenvalue weighted by Crippen LogP contribution is -2.04. The van der Waals surface area contributed by atoms with E-state index in [2.05, 4.69) is 78.7 Å². The molecular formula is C21H20N8. The van der Waals surface area contributed by atoms with Crippen LogP contribution in [0.1, 0.15) is 24.0 Å². The third-order valence-corrected chi connectivity index (χ3v) is 5.04. The summed E-state index contributed by atoms with van der Waals surface area (Å²) >= 11 is 0. The molecule has 0 saturated heterocycles. The van der Waals surface area contributed by atoms with E-state index >= 15 is 0 Å². The molecule has 0 aliphatic carbocycles. The number of hydrogen-bond acceptors (Lipinski definition) is 5. The summed E-state index contributed by atoms with van der Waals surface area (Å²) < 4.78 is 3.95. The van der Waals surface area contributed by atoms with Crippen LogP contribution in [0.15, 0.2) is 54.6 Å². The quantitative estimate of drug-likeness (QED) is 0.502. The molecule has 0 aliphatic rings. The third-order valence-electron chi connectivity index (χ3n) is 5.04. The van der Waals surface area contributed by atoms with Crippen molar-refractivity contribution >= 4 is 5.65 Å². The van der Waals surface area contributed by atoms with E-state index in [0.717, 1.165) is 46.8 Å². The first-order chi connectivity index (χ1) is 14.2. The molecule has 144 valence electrons. The zero-order valence-electron chi connectivity index (χ0n) is 16.2. The molecule has 5 aromatic rings. The molecule has 29 heavy (non-hydrogen) atoms. The van der Waals surface area contributed by atoms with Gasteiger partial charge in [0.25, 0.3) is 0 Å². The van der Waals surface area contributed by atoms with Crippen LogP contribution in [0.25, 0.3) is 28.2 Å². The van der Waals surface area contributed by atoms with Gasteiger partial charge in [0.2, 0.25) is 0 Å². The largest absolute Gasteiger partial charge is 0.307 e. The number of nitrogens with zero attached hydrogens (tertiary/aromatic N) is 7. The number of tetrazole rings is 1. The lowest BCUT2D eigenvalue weighted by atomic mass is 9.98. The van der Waals surface area contributed by atoms with Crippen LogP contribution in [0.4, 0.5) is 0 Å². The number of aryl methyl sites for hydroxylation is 2. The first kappa shape index (κ1) is 17.3. The maximum absolute atomic E-state index is 4.60. The van der Waals surface area contributed by atoms with E-state index in [1.807, 2.05) is 25.1 Å². The number of benzene rings is 2. The smallest absolute Gasteiger partial charge is 0.180 e. The second-order valence-corrected chi connectivity index (χ2v) is 6.98. The number of hydrogen-bond donors (Lipinski definition) is 1. The number of aromatic nitrogens is 8. The molecule has 0 aliphatic heterocycles. The van der Waals surface area contributed by atoms with Gasteiger partial charge in [-0.05, 0) is 34.0 Å². The Balaban J connectivity index is 1.48. The first-order valence-electron chi connectivity index (χ1n) is 9.57. The zero-order chi connectivity index (χ0) is 19.8. The average Bonchev–Trinajstić information content (AvgIpc) is 3.46. The average molecular weight is 384 g/mol. The van der Waals surface area contributed by atoms with Crippen LogP contribution in [0.2, 0.25) is 0 Å². The lowest BCUT2D eigenvalue weighted by Gasteiger charge is -2.10. The molecular weight excluding hydrogens is 364 g/mol. The van der Waals surface area contributed by atoms with Gasteiger partial charge in [0.1, 0.15) is 5.82 Å². The van der Waals surface area contributed by atoms with Gasteiger partial charge in [-0.1, -0.05) is 55.5 Å². The predicted octanol–water partition coefficient (Wildman–Crippen LogP) is 3.30. The highest BCUT2D eigenvalue weighted by Gasteiger charge is 2.13. The summed E-state index contributed by atoms with van der Waals surface area (Å²) in [6.07, 6.45) is 0.860. The lowest BCUT2D eigenvalue weighted by molar-refractivity contribution is 0.737. The monoisotopic (exact) mass is 384 g/mol. The molecule has 0 bridgehead atoms. The summed E-state index contributed by atoms with van der Waals surface area (Å²) in [6.45, 7) is 4.86. The highest BCUT2D eigenvalue weighted by Crippen LogP contribution is 2.30. The summed E-state index contributed by atoms with van der Waals surface area (Å²) in [5.41, 5.74) is 6.38. The molecule has 8 heteroatoms. The summed E-state index contributed by atoms with van der Waals surface area (Å²) in [5, 5.41) is 23.3. The van der Waals surface area contributed by atoms with Gasteiger partial charge in [-0.15, -0.1) is 14.8 Å². The third kappa shape index (κ3) is 3.08. The van der Waals surface area contributed by atoms with Crippen molar-refractivity contribution in [1.82, 2.24) is 40.0 Å². The topological polar surface area (TPSA) is 89.6 Å². The van der Waals surface area contributed by atoms with Crippen molar-refractivity contribution in [1.29, 1.82) is 0 Å². The minimum absolute atomic E-state index is 0.661. The van der Waals surface area contributed by atoms with E-state index < -0.39 is 0 Å². The highest BCUT2D eigenvalue weighted by molar-refractivity contribution is 5.80. The van der Waals surface area contributed by atoms with E-state index in [-0.39, 0.29) is 0 Å². The van der Waals surface area contributed by atoms with E-state index in [9.17, 15) is 0 Å². The minimum atomic E-state index is 0.661. The van der Waals surface area contributed by atoms with Gasteiger partial charge in [0.05, 0.1) is 12.2 Å². The Kier molecular flexibility index (Phi) is 4.16. The molecule has 5 rings (SSSR count). The van der Waals surface area contributed by atoms with Crippen LogP contribution >= 0.6 is 0 Å². The molecule has 0 fully saturated rings. The van der Waals surface area contributed by atoms with Crippen molar-refractivity contribution < 1.29 is 0 Å². The second-order valence-electron chi connectivity index (χ2n) is 6.98. The number of H-pyrrole nitrogens is 1. The van der Waals surface area contributed by atoms with Gasteiger partial charge < -0.3 is 4.57 Å². The summed E-state index contributed by atoms with van der Waals surface area (Å²) in [6, 6.07) is 18.8. The summed E-state index contributed by atoms with van der Waals surface area (Å²) in [5.74, 6) is 1.69. The molecule has 0 saturated carbocycles. The molecule has 0 spiro atoms. The van der Waals surface area contributed by atoms with E-state index in [1.54, 1.807) is 4.63 Å².